The minimum absolute atomic E-state index is 0.142. The summed E-state index contributed by atoms with van der Waals surface area (Å²) >= 11 is 0. The predicted octanol–water partition coefficient (Wildman–Crippen LogP) is 3.83. The van der Waals surface area contributed by atoms with Gasteiger partial charge < -0.3 is 15.0 Å². The van der Waals surface area contributed by atoms with E-state index in [-0.39, 0.29) is 5.56 Å². The number of hydrogen-bond acceptors (Lipinski definition) is 4. The van der Waals surface area contributed by atoms with Crippen molar-refractivity contribution >= 4 is 22.4 Å². The number of methoxy groups -OCH3 is 1. The van der Waals surface area contributed by atoms with Gasteiger partial charge in [0.25, 0.3) is 5.56 Å². The van der Waals surface area contributed by atoms with Crippen LogP contribution in [0.5, 0.6) is 0 Å². The Hall–Kier alpha value is -3.12. The van der Waals surface area contributed by atoms with Crippen LogP contribution in [0.2, 0.25) is 0 Å². The van der Waals surface area contributed by atoms with Crippen LogP contribution in [0.25, 0.3) is 27.8 Å². The van der Waals surface area contributed by atoms with E-state index in [9.17, 15) is 4.79 Å². The van der Waals surface area contributed by atoms with Gasteiger partial charge in [-0.05, 0) is 61.0 Å². The van der Waals surface area contributed by atoms with E-state index in [4.69, 9.17) is 9.72 Å². The molecule has 6 nitrogen and oxygen atoms in total. The van der Waals surface area contributed by atoms with Gasteiger partial charge in [0.1, 0.15) is 17.2 Å². The van der Waals surface area contributed by atoms with Crippen molar-refractivity contribution in [2.45, 2.75) is 20.8 Å². The average molecular weight is 376 g/mol. The van der Waals surface area contributed by atoms with E-state index in [1.54, 1.807) is 7.11 Å². The molecule has 0 aliphatic carbocycles. The molecule has 3 aromatic heterocycles. The molecule has 0 saturated heterocycles. The highest BCUT2D eigenvalue weighted by atomic mass is 16.5. The first-order valence-corrected chi connectivity index (χ1v) is 9.34. The average Bonchev–Trinajstić information content (AvgIpc) is 3.02. The first-order valence-electron chi connectivity index (χ1n) is 9.34. The second-order valence-corrected chi connectivity index (χ2v) is 7.14. The zero-order chi connectivity index (χ0) is 19.8. The number of H-pyrrole nitrogens is 1. The summed E-state index contributed by atoms with van der Waals surface area (Å²) in [6.45, 7) is 7.28. The Morgan fingerprint density at radius 3 is 2.79 bits per heavy atom. The van der Waals surface area contributed by atoms with E-state index in [1.165, 1.54) is 0 Å². The van der Waals surface area contributed by atoms with Gasteiger partial charge in [0.2, 0.25) is 0 Å². The molecule has 4 aromatic rings. The van der Waals surface area contributed by atoms with Crippen LogP contribution >= 0.6 is 0 Å². The topological polar surface area (TPSA) is 71.4 Å². The number of aromatic amines is 1. The SMILES string of the molecule is COCCNc1c(-c2cc3ccc(C)c(C)c3[nH]c2=O)nc2cc(C)ccn12. The largest absolute Gasteiger partial charge is 0.383 e. The number of nitrogens with zero attached hydrogens (tertiary/aromatic N) is 2. The molecule has 0 radical (unpaired) electrons. The van der Waals surface area contributed by atoms with E-state index < -0.39 is 0 Å². The number of imidazole rings is 1. The van der Waals surface area contributed by atoms with Gasteiger partial charge in [0.15, 0.2) is 0 Å². The Morgan fingerprint density at radius 2 is 2.00 bits per heavy atom. The Labute approximate surface area is 163 Å². The van der Waals surface area contributed by atoms with Gasteiger partial charge in [0.05, 0.1) is 17.7 Å². The molecule has 2 N–H and O–H groups in total. The van der Waals surface area contributed by atoms with Crippen molar-refractivity contribution in [3.8, 4) is 11.3 Å². The molecule has 0 aliphatic rings. The van der Waals surface area contributed by atoms with Crippen molar-refractivity contribution in [1.82, 2.24) is 14.4 Å². The molecule has 3 heterocycles. The molecule has 28 heavy (non-hydrogen) atoms. The number of benzene rings is 1. The second kappa shape index (κ2) is 7.13. The van der Waals surface area contributed by atoms with Gasteiger partial charge in [-0.15, -0.1) is 0 Å². The minimum Gasteiger partial charge on any atom is -0.383 e. The molecule has 0 unspecified atom stereocenters. The molecule has 6 heteroatoms. The number of ether oxygens (including phenoxy) is 1. The Bertz CT molecular complexity index is 1240. The Kier molecular flexibility index (Phi) is 4.65. The van der Waals surface area contributed by atoms with Crippen molar-refractivity contribution in [3.05, 3.63) is 63.6 Å². The smallest absolute Gasteiger partial charge is 0.258 e. The van der Waals surface area contributed by atoms with Crippen LogP contribution in [0.3, 0.4) is 0 Å². The van der Waals surface area contributed by atoms with E-state index in [1.807, 2.05) is 55.6 Å². The number of aromatic nitrogens is 3. The van der Waals surface area contributed by atoms with Crippen LogP contribution in [0.15, 0.2) is 41.3 Å². The highest BCUT2D eigenvalue weighted by molar-refractivity contribution is 5.88. The predicted molar refractivity (Wildman–Crippen MR) is 113 cm³/mol. The first kappa shape index (κ1) is 18.3. The highest BCUT2D eigenvalue weighted by Crippen LogP contribution is 2.29. The fourth-order valence-electron chi connectivity index (χ4n) is 3.48. The fourth-order valence-corrected chi connectivity index (χ4v) is 3.48. The zero-order valence-corrected chi connectivity index (χ0v) is 16.6. The summed E-state index contributed by atoms with van der Waals surface area (Å²) in [7, 11) is 1.67. The molecule has 4 rings (SSSR count). The molecule has 0 saturated carbocycles. The third-order valence-corrected chi connectivity index (χ3v) is 5.19. The van der Waals surface area contributed by atoms with Crippen molar-refractivity contribution in [1.29, 1.82) is 0 Å². The molecule has 0 bridgehead atoms. The number of nitrogens with one attached hydrogen (secondary N) is 2. The third kappa shape index (κ3) is 3.05. The number of pyridine rings is 2. The Morgan fingerprint density at radius 1 is 1.18 bits per heavy atom. The summed E-state index contributed by atoms with van der Waals surface area (Å²) in [4.78, 5) is 20.8. The number of hydrogen-bond donors (Lipinski definition) is 2. The maximum Gasteiger partial charge on any atom is 0.258 e. The van der Waals surface area contributed by atoms with E-state index in [2.05, 4.69) is 16.4 Å². The molecular formula is C22H24N4O2. The molecule has 0 atom stereocenters. The van der Waals surface area contributed by atoms with Crippen LogP contribution in [-0.2, 0) is 4.74 Å². The normalized spacial score (nSPS) is 11.4. The van der Waals surface area contributed by atoms with Crippen LogP contribution in [0, 0.1) is 20.8 Å². The maximum atomic E-state index is 13.0. The number of anilines is 1. The van der Waals surface area contributed by atoms with Gasteiger partial charge in [-0.25, -0.2) is 4.98 Å². The lowest BCUT2D eigenvalue weighted by Crippen LogP contribution is -2.13. The molecule has 0 spiro atoms. The lowest BCUT2D eigenvalue weighted by atomic mass is 10.0. The Balaban J connectivity index is 1.95. The number of aryl methyl sites for hydroxylation is 3. The fraction of sp³-hybridized carbons (Fsp3) is 0.273. The summed E-state index contributed by atoms with van der Waals surface area (Å²) < 4.78 is 7.14. The molecule has 144 valence electrons. The minimum atomic E-state index is -0.142. The van der Waals surface area contributed by atoms with E-state index in [0.717, 1.165) is 39.1 Å². The first-order chi connectivity index (χ1) is 13.5. The second-order valence-electron chi connectivity index (χ2n) is 7.14. The molecule has 0 amide bonds. The lowest BCUT2D eigenvalue weighted by molar-refractivity contribution is 0.210. The van der Waals surface area contributed by atoms with E-state index in [0.29, 0.717) is 24.4 Å². The molecule has 0 fully saturated rings. The van der Waals surface area contributed by atoms with Crippen LogP contribution in [-0.4, -0.2) is 34.6 Å². The van der Waals surface area contributed by atoms with Crippen LogP contribution in [0.1, 0.15) is 16.7 Å². The molecule has 1 aromatic carbocycles. The van der Waals surface area contributed by atoms with Gasteiger partial charge in [-0.1, -0.05) is 12.1 Å². The van der Waals surface area contributed by atoms with Crippen molar-refractivity contribution in [2.75, 3.05) is 25.6 Å². The maximum absolute atomic E-state index is 13.0. The zero-order valence-electron chi connectivity index (χ0n) is 16.6. The van der Waals surface area contributed by atoms with Gasteiger partial charge in [-0.2, -0.15) is 0 Å². The molecular weight excluding hydrogens is 352 g/mol. The quantitative estimate of drug-likeness (QED) is 0.519. The monoisotopic (exact) mass is 376 g/mol. The van der Waals surface area contributed by atoms with Crippen molar-refractivity contribution in [2.24, 2.45) is 0 Å². The summed E-state index contributed by atoms with van der Waals surface area (Å²) in [6, 6.07) is 10.1. The van der Waals surface area contributed by atoms with Crippen molar-refractivity contribution in [3.63, 3.8) is 0 Å². The third-order valence-electron chi connectivity index (χ3n) is 5.19. The standard InChI is InChI=1S/C22H24N4O2/c1-13-7-9-26-18(11-13)24-20(21(26)23-8-10-28-4)17-12-16-6-5-14(2)15(3)19(16)25-22(17)27/h5-7,9,11-12,23H,8,10H2,1-4H3,(H,25,27). The number of rotatable bonds is 5. The summed E-state index contributed by atoms with van der Waals surface area (Å²) in [6.07, 6.45) is 1.97. The summed E-state index contributed by atoms with van der Waals surface area (Å²) in [5.41, 5.74) is 6.09. The highest BCUT2D eigenvalue weighted by Gasteiger charge is 2.18. The van der Waals surface area contributed by atoms with Gasteiger partial charge in [-0.3, -0.25) is 9.20 Å². The summed E-state index contributed by atoms with van der Waals surface area (Å²) in [5.74, 6) is 0.792. The van der Waals surface area contributed by atoms with E-state index >= 15 is 0 Å². The lowest BCUT2D eigenvalue weighted by Gasteiger charge is -2.10. The molecule has 0 aliphatic heterocycles. The van der Waals surface area contributed by atoms with Gasteiger partial charge >= 0.3 is 0 Å². The summed E-state index contributed by atoms with van der Waals surface area (Å²) in [5, 5.41) is 4.37. The van der Waals surface area contributed by atoms with Crippen LogP contribution < -0.4 is 10.9 Å². The van der Waals surface area contributed by atoms with Gasteiger partial charge in [0, 0.05) is 19.9 Å². The van der Waals surface area contributed by atoms with Crippen molar-refractivity contribution < 1.29 is 4.74 Å². The number of fused-ring (bicyclic) bond motifs is 2. The van der Waals surface area contributed by atoms with Crippen LogP contribution in [0.4, 0.5) is 5.82 Å².